The molecule has 3 aromatic carbocycles. The van der Waals surface area contributed by atoms with Gasteiger partial charge >= 0.3 is 0 Å². The maximum absolute atomic E-state index is 12.6. The summed E-state index contributed by atoms with van der Waals surface area (Å²) >= 11 is 2.16. The number of aromatic nitrogens is 1. The Morgan fingerprint density at radius 3 is 2.62 bits per heavy atom. The van der Waals surface area contributed by atoms with E-state index in [0.717, 1.165) is 31.5 Å². The topological polar surface area (TPSA) is 55.1 Å². The third-order valence-corrected chi connectivity index (χ3v) is 5.09. The van der Waals surface area contributed by atoms with Crippen molar-refractivity contribution in [2.45, 2.75) is 6.92 Å². The van der Waals surface area contributed by atoms with Gasteiger partial charge in [0, 0.05) is 14.8 Å². The van der Waals surface area contributed by atoms with E-state index in [1.807, 2.05) is 73.7 Å². The van der Waals surface area contributed by atoms with Crippen LogP contribution >= 0.6 is 22.6 Å². The SMILES string of the molecule is Cc1ccc(-c2nc3ccccc3o2)cc1NC(=O)c1ccccc1I. The number of amides is 1. The van der Waals surface area contributed by atoms with Crippen LogP contribution in [0.3, 0.4) is 0 Å². The molecule has 0 atom stereocenters. The molecule has 128 valence electrons. The van der Waals surface area contributed by atoms with Crippen molar-refractivity contribution >= 4 is 45.3 Å². The minimum atomic E-state index is -0.132. The molecular formula is C21H15IN2O2. The van der Waals surface area contributed by atoms with Crippen LogP contribution in [-0.2, 0) is 0 Å². The number of benzene rings is 3. The molecule has 1 aromatic heterocycles. The Hall–Kier alpha value is -2.67. The van der Waals surface area contributed by atoms with E-state index in [4.69, 9.17) is 4.42 Å². The molecule has 0 saturated heterocycles. The summed E-state index contributed by atoms with van der Waals surface area (Å²) in [6, 6.07) is 20.9. The van der Waals surface area contributed by atoms with Crippen LogP contribution in [0.1, 0.15) is 15.9 Å². The van der Waals surface area contributed by atoms with E-state index < -0.39 is 0 Å². The van der Waals surface area contributed by atoms with E-state index in [2.05, 4.69) is 32.9 Å². The van der Waals surface area contributed by atoms with E-state index in [-0.39, 0.29) is 5.91 Å². The number of rotatable bonds is 3. The van der Waals surface area contributed by atoms with Crippen molar-refractivity contribution < 1.29 is 9.21 Å². The first-order chi connectivity index (χ1) is 12.6. The van der Waals surface area contributed by atoms with Gasteiger partial charge in [-0.15, -0.1) is 0 Å². The van der Waals surface area contributed by atoms with E-state index in [1.165, 1.54) is 0 Å². The zero-order valence-corrected chi connectivity index (χ0v) is 16.2. The molecule has 1 amide bonds. The lowest BCUT2D eigenvalue weighted by atomic mass is 10.1. The second-order valence-electron chi connectivity index (χ2n) is 5.95. The first-order valence-corrected chi connectivity index (χ1v) is 9.22. The fourth-order valence-corrected chi connectivity index (χ4v) is 3.35. The second-order valence-corrected chi connectivity index (χ2v) is 7.11. The average molecular weight is 454 g/mol. The second kappa shape index (κ2) is 6.92. The minimum Gasteiger partial charge on any atom is -0.436 e. The smallest absolute Gasteiger partial charge is 0.256 e. The number of hydrogen-bond donors (Lipinski definition) is 1. The standard InChI is InChI=1S/C21H15IN2O2/c1-13-10-11-14(21-24-17-8-4-5-9-19(17)26-21)12-18(13)23-20(25)15-6-2-3-7-16(15)22/h2-12H,1H3,(H,23,25). The maximum Gasteiger partial charge on any atom is 0.256 e. The van der Waals surface area contributed by atoms with Gasteiger partial charge < -0.3 is 9.73 Å². The summed E-state index contributed by atoms with van der Waals surface area (Å²) in [4.78, 5) is 17.1. The normalized spacial score (nSPS) is 10.8. The molecule has 4 nitrogen and oxygen atoms in total. The number of nitrogens with one attached hydrogen (secondary N) is 1. The quantitative estimate of drug-likeness (QED) is 0.407. The number of halogens is 1. The Labute approximate surface area is 164 Å². The van der Waals surface area contributed by atoms with Gasteiger partial charge in [-0.05, 0) is 71.5 Å². The van der Waals surface area contributed by atoms with Crippen molar-refractivity contribution in [1.82, 2.24) is 4.98 Å². The molecule has 1 heterocycles. The van der Waals surface area contributed by atoms with Gasteiger partial charge in [0.05, 0.1) is 5.56 Å². The fraction of sp³-hybridized carbons (Fsp3) is 0.0476. The molecular weight excluding hydrogens is 439 g/mol. The molecule has 0 bridgehead atoms. The third-order valence-electron chi connectivity index (χ3n) is 4.15. The highest BCUT2D eigenvalue weighted by Crippen LogP contribution is 2.28. The summed E-state index contributed by atoms with van der Waals surface area (Å²) in [7, 11) is 0. The van der Waals surface area contributed by atoms with Crippen LogP contribution < -0.4 is 5.32 Å². The molecule has 0 aliphatic heterocycles. The Kier molecular flexibility index (Phi) is 4.46. The number of carbonyl (C=O) groups is 1. The fourth-order valence-electron chi connectivity index (χ4n) is 2.72. The van der Waals surface area contributed by atoms with Crippen LogP contribution in [0.15, 0.2) is 71.1 Å². The molecule has 26 heavy (non-hydrogen) atoms. The summed E-state index contributed by atoms with van der Waals surface area (Å²) in [6.45, 7) is 1.96. The largest absolute Gasteiger partial charge is 0.436 e. The number of oxazole rings is 1. The van der Waals surface area contributed by atoms with Gasteiger partial charge in [0.2, 0.25) is 5.89 Å². The molecule has 0 spiro atoms. The Morgan fingerprint density at radius 1 is 1.04 bits per heavy atom. The van der Waals surface area contributed by atoms with Gasteiger partial charge in [0.25, 0.3) is 5.91 Å². The molecule has 0 unspecified atom stereocenters. The summed E-state index contributed by atoms with van der Waals surface area (Å²) in [5.41, 5.74) is 4.75. The van der Waals surface area contributed by atoms with E-state index in [1.54, 1.807) is 0 Å². The van der Waals surface area contributed by atoms with Crippen LogP contribution in [0.2, 0.25) is 0 Å². The zero-order chi connectivity index (χ0) is 18.1. The van der Waals surface area contributed by atoms with Crippen LogP contribution in [-0.4, -0.2) is 10.9 Å². The molecule has 0 aliphatic carbocycles. The summed E-state index contributed by atoms with van der Waals surface area (Å²) in [6.07, 6.45) is 0. The average Bonchev–Trinajstić information content (AvgIpc) is 3.08. The lowest BCUT2D eigenvalue weighted by Crippen LogP contribution is -2.14. The van der Waals surface area contributed by atoms with Gasteiger partial charge in [-0.25, -0.2) is 4.98 Å². The van der Waals surface area contributed by atoms with Crippen LogP contribution in [0.5, 0.6) is 0 Å². The number of hydrogen-bond acceptors (Lipinski definition) is 3. The number of para-hydroxylation sites is 2. The van der Waals surface area contributed by atoms with Crippen LogP contribution in [0.4, 0.5) is 5.69 Å². The first-order valence-electron chi connectivity index (χ1n) is 8.14. The molecule has 0 saturated carbocycles. The van der Waals surface area contributed by atoms with Crippen molar-refractivity contribution in [2.24, 2.45) is 0 Å². The first kappa shape index (κ1) is 16.8. The molecule has 4 rings (SSSR count). The lowest BCUT2D eigenvalue weighted by molar-refractivity contribution is 0.102. The van der Waals surface area contributed by atoms with Gasteiger partial charge in [0.1, 0.15) is 5.52 Å². The highest BCUT2D eigenvalue weighted by molar-refractivity contribution is 14.1. The number of fused-ring (bicyclic) bond motifs is 1. The number of anilines is 1. The van der Waals surface area contributed by atoms with E-state index >= 15 is 0 Å². The van der Waals surface area contributed by atoms with Crippen molar-refractivity contribution in [3.63, 3.8) is 0 Å². The van der Waals surface area contributed by atoms with Crippen molar-refractivity contribution in [1.29, 1.82) is 0 Å². The Morgan fingerprint density at radius 2 is 1.81 bits per heavy atom. The highest BCUT2D eigenvalue weighted by atomic mass is 127. The molecule has 4 aromatic rings. The third kappa shape index (κ3) is 3.22. The molecule has 5 heteroatoms. The Balaban J connectivity index is 1.68. The predicted molar refractivity (Wildman–Crippen MR) is 111 cm³/mol. The van der Waals surface area contributed by atoms with E-state index in [9.17, 15) is 4.79 Å². The van der Waals surface area contributed by atoms with Crippen molar-refractivity contribution in [3.05, 3.63) is 81.4 Å². The van der Waals surface area contributed by atoms with Crippen LogP contribution in [0, 0.1) is 10.5 Å². The van der Waals surface area contributed by atoms with Gasteiger partial charge in [-0.1, -0.05) is 30.3 Å². The van der Waals surface area contributed by atoms with Gasteiger partial charge in [0.15, 0.2) is 5.58 Å². The molecule has 0 radical (unpaired) electrons. The van der Waals surface area contributed by atoms with Crippen molar-refractivity contribution in [2.75, 3.05) is 5.32 Å². The van der Waals surface area contributed by atoms with E-state index in [0.29, 0.717) is 11.5 Å². The Bertz CT molecular complexity index is 1080. The van der Waals surface area contributed by atoms with Gasteiger partial charge in [-0.3, -0.25) is 4.79 Å². The number of carbonyl (C=O) groups excluding carboxylic acids is 1. The monoisotopic (exact) mass is 454 g/mol. The van der Waals surface area contributed by atoms with Crippen molar-refractivity contribution in [3.8, 4) is 11.5 Å². The van der Waals surface area contributed by atoms with Crippen LogP contribution in [0.25, 0.3) is 22.6 Å². The highest BCUT2D eigenvalue weighted by Gasteiger charge is 2.13. The molecule has 0 aliphatic rings. The number of aryl methyl sites for hydroxylation is 1. The summed E-state index contributed by atoms with van der Waals surface area (Å²) in [5, 5.41) is 3.00. The molecule has 0 fully saturated rings. The predicted octanol–water partition coefficient (Wildman–Crippen LogP) is 5.66. The summed E-state index contributed by atoms with van der Waals surface area (Å²) < 4.78 is 6.75. The minimum absolute atomic E-state index is 0.132. The summed E-state index contributed by atoms with van der Waals surface area (Å²) in [5.74, 6) is 0.406. The maximum atomic E-state index is 12.6. The molecule has 1 N–H and O–H groups in total. The zero-order valence-electron chi connectivity index (χ0n) is 14.0. The number of nitrogens with zero attached hydrogens (tertiary/aromatic N) is 1. The lowest BCUT2D eigenvalue weighted by Gasteiger charge is -2.10. The van der Waals surface area contributed by atoms with Gasteiger partial charge in [-0.2, -0.15) is 0 Å².